The highest BCUT2D eigenvalue weighted by atomic mass is 79.9. The summed E-state index contributed by atoms with van der Waals surface area (Å²) >= 11 is 3.39. The number of hydrogen-bond donors (Lipinski definition) is 1. The minimum atomic E-state index is -0.726. The quantitative estimate of drug-likeness (QED) is 0.760. The fourth-order valence-electron chi connectivity index (χ4n) is 2.57. The summed E-state index contributed by atoms with van der Waals surface area (Å²) in [6, 6.07) is 17.4. The predicted octanol–water partition coefficient (Wildman–Crippen LogP) is 3.88. The van der Waals surface area contributed by atoms with E-state index in [1.165, 1.54) is 0 Å². The summed E-state index contributed by atoms with van der Waals surface area (Å²) in [5.74, 6) is 0.108. The molecule has 0 radical (unpaired) electrons. The first-order valence-electron chi connectivity index (χ1n) is 7.60. The van der Waals surface area contributed by atoms with Crippen LogP contribution in [-0.4, -0.2) is 24.1 Å². The maximum atomic E-state index is 12.5. The van der Waals surface area contributed by atoms with Gasteiger partial charge >= 0.3 is 0 Å². The molecule has 0 heterocycles. The molecule has 0 aliphatic carbocycles. The smallest absolute Gasteiger partial charge is 0.140 e. The third kappa shape index (κ3) is 5.27. The summed E-state index contributed by atoms with van der Waals surface area (Å²) in [7, 11) is 0. The van der Waals surface area contributed by atoms with E-state index in [9.17, 15) is 4.79 Å². The molecular formula is C19H21BrO3. The lowest BCUT2D eigenvalue weighted by Crippen LogP contribution is -2.31. The standard InChI is InChI=1S/C19H21BrO3/c1-19(23-12-11-21,16-5-3-2-4-6-16)14-18(22)13-15-7-9-17(20)10-8-15/h2-10,21H,11-14H2,1H3. The van der Waals surface area contributed by atoms with E-state index in [2.05, 4.69) is 15.9 Å². The number of hydrogen-bond acceptors (Lipinski definition) is 3. The molecule has 0 saturated carbocycles. The summed E-state index contributed by atoms with van der Waals surface area (Å²) in [6.45, 7) is 2.04. The van der Waals surface area contributed by atoms with Crippen molar-refractivity contribution < 1.29 is 14.6 Å². The number of ketones is 1. The van der Waals surface area contributed by atoms with E-state index < -0.39 is 5.60 Å². The second-order valence-electron chi connectivity index (χ2n) is 5.69. The molecule has 0 aliphatic heterocycles. The van der Waals surface area contributed by atoms with Gasteiger partial charge in [-0.1, -0.05) is 58.4 Å². The average Bonchev–Trinajstić information content (AvgIpc) is 2.56. The van der Waals surface area contributed by atoms with Crippen molar-refractivity contribution in [1.29, 1.82) is 0 Å². The van der Waals surface area contributed by atoms with Crippen molar-refractivity contribution in [3.05, 3.63) is 70.2 Å². The molecule has 0 bridgehead atoms. The van der Waals surface area contributed by atoms with Crippen molar-refractivity contribution in [1.82, 2.24) is 0 Å². The first-order valence-corrected chi connectivity index (χ1v) is 8.39. The Morgan fingerprint density at radius 2 is 1.78 bits per heavy atom. The minimum Gasteiger partial charge on any atom is -0.394 e. The minimum absolute atomic E-state index is 0.0661. The molecule has 1 N–H and O–H groups in total. The average molecular weight is 377 g/mol. The van der Waals surface area contributed by atoms with Crippen LogP contribution in [0.3, 0.4) is 0 Å². The summed E-state index contributed by atoms with van der Waals surface area (Å²) < 4.78 is 6.81. The molecule has 4 heteroatoms. The molecule has 2 rings (SSSR count). The highest BCUT2D eigenvalue weighted by Crippen LogP contribution is 2.30. The Morgan fingerprint density at radius 1 is 1.13 bits per heavy atom. The summed E-state index contributed by atoms with van der Waals surface area (Å²) in [4.78, 5) is 12.5. The molecule has 0 saturated heterocycles. The number of carbonyl (C=O) groups is 1. The normalized spacial score (nSPS) is 13.5. The lowest BCUT2D eigenvalue weighted by molar-refractivity contribution is -0.127. The Morgan fingerprint density at radius 3 is 2.39 bits per heavy atom. The van der Waals surface area contributed by atoms with Crippen molar-refractivity contribution in [2.24, 2.45) is 0 Å². The highest BCUT2D eigenvalue weighted by Gasteiger charge is 2.30. The molecule has 2 aromatic rings. The zero-order chi connectivity index (χ0) is 16.7. The molecule has 0 aliphatic rings. The van der Waals surface area contributed by atoms with Crippen LogP contribution in [0.1, 0.15) is 24.5 Å². The van der Waals surface area contributed by atoms with Gasteiger partial charge in [-0.25, -0.2) is 0 Å². The maximum Gasteiger partial charge on any atom is 0.140 e. The first kappa shape index (κ1) is 17.9. The van der Waals surface area contributed by atoms with Gasteiger partial charge in [-0.3, -0.25) is 4.79 Å². The van der Waals surface area contributed by atoms with Crippen LogP contribution in [0.4, 0.5) is 0 Å². The van der Waals surface area contributed by atoms with Gasteiger partial charge in [0.05, 0.1) is 18.8 Å². The molecule has 0 amide bonds. The largest absolute Gasteiger partial charge is 0.394 e. The Kier molecular flexibility index (Phi) is 6.51. The van der Waals surface area contributed by atoms with Gasteiger partial charge in [0.15, 0.2) is 0 Å². The Bertz CT molecular complexity index is 625. The monoisotopic (exact) mass is 376 g/mol. The van der Waals surface area contributed by atoms with Crippen molar-refractivity contribution >= 4 is 21.7 Å². The van der Waals surface area contributed by atoms with E-state index in [4.69, 9.17) is 9.84 Å². The molecule has 1 atom stereocenters. The van der Waals surface area contributed by atoms with Crippen LogP contribution in [-0.2, 0) is 21.6 Å². The Labute approximate surface area is 145 Å². The highest BCUT2D eigenvalue weighted by molar-refractivity contribution is 9.10. The fourth-order valence-corrected chi connectivity index (χ4v) is 2.83. The van der Waals surface area contributed by atoms with Crippen LogP contribution < -0.4 is 0 Å². The zero-order valence-corrected chi connectivity index (χ0v) is 14.8. The maximum absolute atomic E-state index is 12.5. The van der Waals surface area contributed by atoms with E-state index in [1.54, 1.807) is 0 Å². The second kappa shape index (κ2) is 8.39. The van der Waals surface area contributed by atoms with Gasteiger partial charge in [-0.15, -0.1) is 0 Å². The van der Waals surface area contributed by atoms with Gasteiger partial charge in [0, 0.05) is 17.3 Å². The first-order chi connectivity index (χ1) is 11.0. The van der Waals surface area contributed by atoms with Gasteiger partial charge in [-0.05, 0) is 30.2 Å². The van der Waals surface area contributed by atoms with Crippen LogP contribution in [0, 0.1) is 0 Å². The summed E-state index contributed by atoms with van der Waals surface area (Å²) in [6.07, 6.45) is 0.644. The van der Waals surface area contributed by atoms with Crippen LogP contribution >= 0.6 is 15.9 Å². The SMILES string of the molecule is CC(CC(=O)Cc1ccc(Br)cc1)(OCCO)c1ccccc1. The lowest BCUT2D eigenvalue weighted by Gasteiger charge is -2.30. The van der Waals surface area contributed by atoms with Crippen LogP contribution in [0.5, 0.6) is 0 Å². The number of benzene rings is 2. The number of ether oxygens (including phenoxy) is 1. The molecule has 0 fully saturated rings. The molecule has 122 valence electrons. The number of rotatable bonds is 8. The van der Waals surface area contributed by atoms with Crippen molar-refractivity contribution in [3.8, 4) is 0 Å². The molecule has 0 aromatic heterocycles. The summed E-state index contributed by atoms with van der Waals surface area (Å²) in [5.41, 5.74) is 1.20. The van der Waals surface area contributed by atoms with E-state index in [0.29, 0.717) is 6.42 Å². The Balaban J connectivity index is 2.10. The molecule has 3 nitrogen and oxygen atoms in total. The van der Waals surface area contributed by atoms with E-state index in [0.717, 1.165) is 15.6 Å². The van der Waals surface area contributed by atoms with Gasteiger partial charge in [0.2, 0.25) is 0 Å². The third-order valence-corrected chi connectivity index (χ3v) is 4.27. The number of aliphatic hydroxyl groups excluding tert-OH is 1. The number of aliphatic hydroxyl groups is 1. The van der Waals surface area contributed by atoms with Gasteiger partial charge in [0.25, 0.3) is 0 Å². The second-order valence-corrected chi connectivity index (χ2v) is 6.60. The van der Waals surface area contributed by atoms with Crippen molar-refractivity contribution in [2.75, 3.05) is 13.2 Å². The van der Waals surface area contributed by atoms with Crippen LogP contribution in [0.2, 0.25) is 0 Å². The van der Waals surface area contributed by atoms with E-state index in [-0.39, 0.29) is 25.4 Å². The number of carbonyl (C=O) groups excluding carboxylic acids is 1. The van der Waals surface area contributed by atoms with Crippen LogP contribution in [0.25, 0.3) is 0 Å². The molecule has 23 heavy (non-hydrogen) atoms. The van der Waals surface area contributed by atoms with Gasteiger partial charge in [0.1, 0.15) is 5.78 Å². The fraction of sp³-hybridized carbons (Fsp3) is 0.316. The Hall–Kier alpha value is -1.49. The summed E-state index contributed by atoms with van der Waals surface area (Å²) in [5, 5.41) is 9.06. The van der Waals surface area contributed by atoms with Crippen molar-refractivity contribution in [2.45, 2.75) is 25.4 Å². The molecular weight excluding hydrogens is 356 g/mol. The number of Topliss-reactive ketones (excluding diaryl/α,β-unsaturated/α-hetero) is 1. The molecule has 1 unspecified atom stereocenters. The molecule has 0 spiro atoms. The van der Waals surface area contributed by atoms with Crippen LogP contribution in [0.15, 0.2) is 59.1 Å². The zero-order valence-electron chi connectivity index (χ0n) is 13.2. The topological polar surface area (TPSA) is 46.5 Å². The number of halogens is 1. The molecule has 2 aromatic carbocycles. The van der Waals surface area contributed by atoms with E-state index >= 15 is 0 Å². The van der Waals surface area contributed by atoms with Gasteiger partial charge < -0.3 is 9.84 Å². The van der Waals surface area contributed by atoms with Gasteiger partial charge in [-0.2, -0.15) is 0 Å². The third-order valence-electron chi connectivity index (χ3n) is 3.75. The predicted molar refractivity (Wildman–Crippen MR) is 94.3 cm³/mol. The lowest BCUT2D eigenvalue weighted by atomic mass is 9.88. The van der Waals surface area contributed by atoms with Crippen molar-refractivity contribution in [3.63, 3.8) is 0 Å². The van der Waals surface area contributed by atoms with E-state index in [1.807, 2.05) is 61.5 Å².